The summed E-state index contributed by atoms with van der Waals surface area (Å²) in [5.41, 5.74) is -0.610. The maximum absolute atomic E-state index is 13.5. The monoisotopic (exact) mass is 456 g/mol. The van der Waals surface area contributed by atoms with E-state index in [-0.39, 0.29) is 5.69 Å². The first kappa shape index (κ1) is 21.4. The summed E-state index contributed by atoms with van der Waals surface area (Å²) in [6, 6.07) is 2.29. The van der Waals surface area contributed by atoms with Gasteiger partial charge < -0.3 is 10.6 Å². The van der Waals surface area contributed by atoms with Crippen molar-refractivity contribution in [3.8, 4) is 0 Å². The number of amides is 2. The number of hydrogen-bond donors (Lipinski definition) is 3. The summed E-state index contributed by atoms with van der Waals surface area (Å²) >= 11 is 0. The first-order valence-corrected chi connectivity index (χ1v) is 10.7. The first-order chi connectivity index (χ1) is 15.8. The lowest BCUT2D eigenvalue weighted by Crippen LogP contribution is -2.57. The van der Waals surface area contributed by atoms with Gasteiger partial charge in [-0.15, -0.1) is 0 Å². The molecule has 5 rings (SSSR count). The number of nitrogens with one attached hydrogen (secondary N) is 3. The molecule has 2 aliphatic heterocycles. The van der Waals surface area contributed by atoms with Gasteiger partial charge in [0.1, 0.15) is 17.3 Å². The Morgan fingerprint density at radius 3 is 2.64 bits per heavy atom. The Hall–Kier alpha value is -3.47. The normalized spacial score (nSPS) is 25.3. The van der Waals surface area contributed by atoms with Gasteiger partial charge in [0.2, 0.25) is 11.7 Å². The van der Waals surface area contributed by atoms with E-state index in [1.165, 1.54) is 12.3 Å². The van der Waals surface area contributed by atoms with Gasteiger partial charge in [-0.05, 0) is 50.3 Å². The zero-order chi connectivity index (χ0) is 23.4. The number of aromatic nitrogens is 3. The van der Waals surface area contributed by atoms with Gasteiger partial charge in [-0.2, -0.15) is 15.4 Å². The number of anilines is 1. The Morgan fingerprint density at radius 1 is 1.18 bits per heavy atom. The Labute approximate surface area is 187 Å². The highest BCUT2D eigenvalue weighted by Crippen LogP contribution is 2.46. The maximum atomic E-state index is 13.5. The molecule has 0 radical (unpaired) electrons. The molecular weight excluding hydrogens is 434 g/mol. The molecule has 3 heterocycles. The van der Waals surface area contributed by atoms with E-state index in [4.69, 9.17) is 0 Å². The molecule has 2 aromatic rings. The number of halogens is 2. The zero-order valence-corrected chi connectivity index (χ0v) is 17.8. The number of hydrogen-bond acceptors (Lipinski definition) is 6. The molecule has 0 spiro atoms. The Balaban J connectivity index is 1.35. The van der Waals surface area contributed by atoms with Crippen molar-refractivity contribution in [2.24, 2.45) is 0 Å². The molecule has 172 valence electrons. The van der Waals surface area contributed by atoms with Crippen molar-refractivity contribution in [3.63, 3.8) is 0 Å². The molecule has 1 saturated heterocycles. The molecule has 2 atom stereocenters. The number of nitrogens with zero attached hydrogens (tertiary/aromatic N) is 3. The van der Waals surface area contributed by atoms with Gasteiger partial charge in [0.25, 0.3) is 5.91 Å². The molecule has 3 N–H and O–H groups in total. The average molecular weight is 456 g/mol. The number of carbonyl (C=O) groups excluding carboxylic acids is 3. The third kappa shape index (κ3) is 3.43. The SMILES string of the molecule is CC1=CC2(C(=O)C(=O)NC3(c4cn[nH]n4)CC3)CCCN2C1C(=O)Nc1ccc(F)c(F)c1. The van der Waals surface area contributed by atoms with E-state index in [2.05, 4.69) is 26.0 Å². The summed E-state index contributed by atoms with van der Waals surface area (Å²) < 4.78 is 26.8. The summed E-state index contributed by atoms with van der Waals surface area (Å²) in [6.07, 6.45) is 5.56. The van der Waals surface area contributed by atoms with E-state index in [0.717, 1.165) is 12.1 Å². The van der Waals surface area contributed by atoms with Crippen LogP contribution in [0.3, 0.4) is 0 Å². The van der Waals surface area contributed by atoms with Gasteiger partial charge in [-0.25, -0.2) is 8.78 Å². The van der Waals surface area contributed by atoms with Gasteiger partial charge in [0.15, 0.2) is 11.6 Å². The van der Waals surface area contributed by atoms with E-state index >= 15 is 0 Å². The summed E-state index contributed by atoms with van der Waals surface area (Å²) in [6.45, 7) is 2.16. The zero-order valence-electron chi connectivity index (χ0n) is 17.8. The molecule has 2 fully saturated rings. The largest absolute Gasteiger partial charge is 0.338 e. The third-order valence-electron chi connectivity index (χ3n) is 6.72. The number of aromatic amines is 1. The smallest absolute Gasteiger partial charge is 0.290 e. The molecule has 1 aromatic heterocycles. The molecule has 1 saturated carbocycles. The molecule has 1 aliphatic carbocycles. The molecule has 2 amide bonds. The topological polar surface area (TPSA) is 120 Å². The van der Waals surface area contributed by atoms with Gasteiger partial charge >= 0.3 is 0 Å². The highest BCUT2D eigenvalue weighted by molar-refractivity contribution is 6.40. The van der Waals surface area contributed by atoms with Crippen LogP contribution in [-0.4, -0.2) is 56.0 Å². The summed E-state index contributed by atoms with van der Waals surface area (Å²) in [5.74, 6) is -3.92. The molecular formula is C22H22F2N6O3. The lowest BCUT2D eigenvalue weighted by atomic mass is 9.90. The predicted molar refractivity (Wildman–Crippen MR) is 112 cm³/mol. The molecule has 3 aliphatic rings. The predicted octanol–water partition coefficient (Wildman–Crippen LogP) is 1.56. The van der Waals surface area contributed by atoms with E-state index in [9.17, 15) is 23.2 Å². The standard InChI is InChI=1S/C22H22F2N6O3/c1-12-10-22(18(31)20(33)27-21(6-7-21)16-11-25-29-28-16)5-2-8-30(22)17(12)19(32)26-13-3-4-14(23)15(24)9-13/h3-4,9-11,17H,2,5-8H2,1H3,(H,26,32)(H,27,33)(H,25,28,29). The second-order valence-corrected chi connectivity index (χ2v) is 8.85. The van der Waals surface area contributed by atoms with Crippen molar-refractivity contribution >= 4 is 23.3 Å². The molecule has 2 unspecified atom stereocenters. The van der Waals surface area contributed by atoms with Crippen LogP contribution in [-0.2, 0) is 19.9 Å². The van der Waals surface area contributed by atoms with Crippen LogP contribution in [0.5, 0.6) is 0 Å². The summed E-state index contributed by atoms with van der Waals surface area (Å²) in [5, 5.41) is 15.7. The average Bonchev–Trinajstić information content (AvgIpc) is 3.12. The number of H-pyrrole nitrogens is 1. The van der Waals surface area contributed by atoms with Crippen molar-refractivity contribution in [2.75, 3.05) is 11.9 Å². The minimum absolute atomic E-state index is 0.107. The number of Topliss-reactive ketones (excluding diaryl/α,β-unsaturated/α-hetero) is 1. The van der Waals surface area contributed by atoms with Crippen LogP contribution in [0.4, 0.5) is 14.5 Å². The number of ketones is 1. The van der Waals surface area contributed by atoms with E-state index < -0.39 is 46.4 Å². The van der Waals surface area contributed by atoms with Crippen LogP contribution in [0.25, 0.3) is 0 Å². The minimum atomic E-state index is -1.22. The fraction of sp³-hybridized carbons (Fsp3) is 0.409. The van der Waals surface area contributed by atoms with Crippen molar-refractivity contribution in [1.29, 1.82) is 0 Å². The number of carbonyl (C=O) groups is 3. The number of fused-ring (bicyclic) bond motifs is 1. The lowest BCUT2D eigenvalue weighted by molar-refractivity contribution is -0.144. The van der Waals surface area contributed by atoms with Crippen LogP contribution >= 0.6 is 0 Å². The highest BCUT2D eigenvalue weighted by atomic mass is 19.2. The van der Waals surface area contributed by atoms with Gasteiger partial charge in [-0.3, -0.25) is 19.3 Å². The summed E-state index contributed by atoms with van der Waals surface area (Å²) in [4.78, 5) is 41.2. The van der Waals surface area contributed by atoms with E-state index in [0.29, 0.717) is 43.5 Å². The van der Waals surface area contributed by atoms with Crippen molar-refractivity contribution in [3.05, 3.63) is 53.4 Å². The fourth-order valence-corrected chi connectivity index (χ4v) is 4.99. The molecule has 33 heavy (non-hydrogen) atoms. The lowest BCUT2D eigenvalue weighted by Gasteiger charge is -2.33. The highest BCUT2D eigenvalue weighted by Gasteiger charge is 2.58. The quantitative estimate of drug-likeness (QED) is 0.448. The second kappa shape index (κ2) is 7.55. The van der Waals surface area contributed by atoms with Crippen LogP contribution in [0.2, 0.25) is 0 Å². The maximum Gasteiger partial charge on any atom is 0.290 e. The second-order valence-electron chi connectivity index (χ2n) is 8.85. The van der Waals surface area contributed by atoms with Gasteiger partial charge in [0.05, 0.1) is 11.7 Å². The Bertz CT molecular complexity index is 1180. The molecule has 1 aromatic carbocycles. The number of rotatable bonds is 6. The van der Waals surface area contributed by atoms with Crippen LogP contribution in [0.1, 0.15) is 38.3 Å². The van der Waals surface area contributed by atoms with Crippen LogP contribution in [0.15, 0.2) is 36.0 Å². The first-order valence-electron chi connectivity index (χ1n) is 10.7. The van der Waals surface area contributed by atoms with Gasteiger partial charge in [-0.1, -0.05) is 6.08 Å². The van der Waals surface area contributed by atoms with E-state index in [1.807, 2.05) is 0 Å². The number of benzene rings is 1. The third-order valence-corrected chi connectivity index (χ3v) is 6.72. The fourth-order valence-electron chi connectivity index (χ4n) is 4.99. The van der Waals surface area contributed by atoms with Gasteiger partial charge in [0, 0.05) is 18.3 Å². The van der Waals surface area contributed by atoms with Crippen molar-refractivity contribution < 1.29 is 23.2 Å². The Kier molecular flexibility index (Phi) is 4.89. The van der Waals surface area contributed by atoms with Crippen molar-refractivity contribution in [2.45, 2.75) is 49.7 Å². The van der Waals surface area contributed by atoms with Crippen molar-refractivity contribution in [1.82, 2.24) is 25.6 Å². The molecule has 9 nitrogen and oxygen atoms in total. The minimum Gasteiger partial charge on any atom is -0.338 e. The molecule has 0 bridgehead atoms. The summed E-state index contributed by atoms with van der Waals surface area (Å²) in [7, 11) is 0. The molecule has 11 heteroatoms. The van der Waals surface area contributed by atoms with E-state index in [1.54, 1.807) is 17.9 Å². The Morgan fingerprint density at radius 2 is 1.97 bits per heavy atom. The van der Waals surface area contributed by atoms with Crippen LogP contribution < -0.4 is 10.6 Å². The van der Waals surface area contributed by atoms with Crippen LogP contribution in [0, 0.1) is 11.6 Å².